The van der Waals surface area contributed by atoms with Crippen LogP contribution in [-0.2, 0) is 38.2 Å². The molecule has 192 valence electrons. The van der Waals surface area contributed by atoms with Crippen LogP contribution in [0.5, 0.6) is 0 Å². The number of nitrogens with one attached hydrogen (secondary N) is 1. The highest BCUT2D eigenvalue weighted by molar-refractivity contribution is 7.99. The first-order chi connectivity index (χ1) is 17.4. The summed E-state index contributed by atoms with van der Waals surface area (Å²) >= 11 is 1.39. The molecule has 9 nitrogen and oxygen atoms in total. The Morgan fingerprint density at radius 2 is 1.67 bits per heavy atom. The van der Waals surface area contributed by atoms with Crippen molar-refractivity contribution in [3.63, 3.8) is 0 Å². The van der Waals surface area contributed by atoms with Crippen LogP contribution in [0.4, 0.5) is 0 Å². The highest BCUT2D eigenvalue weighted by Gasteiger charge is 2.52. The summed E-state index contributed by atoms with van der Waals surface area (Å²) in [4.78, 5) is 41.9. The molecule has 36 heavy (non-hydrogen) atoms. The molecule has 1 N–H and O–H groups in total. The zero-order valence-corrected chi connectivity index (χ0v) is 20.8. The summed E-state index contributed by atoms with van der Waals surface area (Å²) in [6.07, 6.45) is -2.85. The Bertz CT molecular complexity index is 1040. The van der Waals surface area contributed by atoms with Crippen molar-refractivity contribution in [1.29, 1.82) is 0 Å². The van der Waals surface area contributed by atoms with Gasteiger partial charge in [0.15, 0.2) is 12.4 Å². The molecule has 0 aliphatic carbocycles. The molecule has 0 spiro atoms. The molecule has 2 aromatic rings. The van der Waals surface area contributed by atoms with E-state index in [1.54, 1.807) is 0 Å². The Hall–Kier alpha value is -2.76. The van der Waals surface area contributed by atoms with Crippen molar-refractivity contribution in [2.24, 2.45) is 0 Å². The zero-order chi connectivity index (χ0) is 25.5. The number of ketones is 1. The highest BCUT2D eigenvalue weighted by Crippen LogP contribution is 2.40. The predicted octanol–water partition coefficient (Wildman–Crippen LogP) is 3.34. The molecule has 2 heterocycles. The maximum absolute atomic E-state index is 12.7. The number of esters is 1. The van der Waals surface area contributed by atoms with E-state index in [9.17, 15) is 14.4 Å². The van der Waals surface area contributed by atoms with E-state index in [1.807, 2.05) is 60.7 Å². The fourth-order valence-corrected chi connectivity index (χ4v) is 5.13. The summed E-state index contributed by atoms with van der Waals surface area (Å²) in [5, 5.41) is 0. The molecule has 0 bridgehead atoms. The molecule has 0 unspecified atom stereocenters. The monoisotopic (exact) mass is 515 g/mol. The van der Waals surface area contributed by atoms with Crippen LogP contribution in [0.1, 0.15) is 38.5 Å². The number of rotatable bonds is 9. The predicted molar refractivity (Wildman–Crippen MR) is 129 cm³/mol. The van der Waals surface area contributed by atoms with E-state index in [-0.39, 0.29) is 25.2 Å². The second-order valence-electron chi connectivity index (χ2n) is 8.54. The molecule has 2 fully saturated rings. The lowest BCUT2D eigenvalue weighted by Gasteiger charge is -2.48. The van der Waals surface area contributed by atoms with Gasteiger partial charge in [0.1, 0.15) is 29.5 Å². The van der Waals surface area contributed by atoms with Crippen molar-refractivity contribution in [3.05, 3.63) is 66.2 Å². The van der Waals surface area contributed by atoms with Crippen molar-refractivity contribution < 1.29 is 38.2 Å². The number of benzene rings is 2. The number of ether oxygens (including phenoxy) is 4. The number of fused-ring (bicyclic) bond motifs is 1. The van der Waals surface area contributed by atoms with Gasteiger partial charge in [0.25, 0.3) is 0 Å². The van der Waals surface area contributed by atoms with Gasteiger partial charge in [0, 0.05) is 23.8 Å². The molecule has 4 rings (SSSR count). The Balaban J connectivity index is 1.62. The molecule has 0 radical (unpaired) electrons. The molecular weight excluding hydrogens is 486 g/mol. The quantitative estimate of drug-likeness (QED) is 0.394. The van der Waals surface area contributed by atoms with E-state index in [1.165, 1.54) is 25.6 Å². The SMILES string of the molecule is CC(=O)CCC(=O)O[C@@H]1[C@H](NOC(C)=O)[C@H](Sc2ccccc2)O[C@@H]2CO[C@@H](c3ccccc3)O[C@@H]12. The van der Waals surface area contributed by atoms with Gasteiger partial charge in [-0.1, -0.05) is 60.3 Å². The third-order valence-corrected chi connectivity index (χ3v) is 6.87. The number of carbonyl (C=O) groups is 3. The minimum Gasteiger partial charge on any atom is -0.458 e. The van der Waals surface area contributed by atoms with Gasteiger partial charge in [-0.25, -0.2) is 0 Å². The maximum atomic E-state index is 12.7. The standard InChI is InChI=1S/C26H29NO8S/c1-16(28)13-14-21(30)33-24-22(27-35-17(2)29)26(36-19-11-7-4-8-12-19)32-20-15-31-25(34-23(20)24)18-9-5-3-6-10-18/h3-12,20,22-27H,13-15H2,1-2H3/t20-,22+,23-,24-,25-,26+/m1/s1. The van der Waals surface area contributed by atoms with Gasteiger partial charge in [-0.15, -0.1) is 5.48 Å². The first-order valence-electron chi connectivity index (χ1n) is 11.7. The second-order valence-corrected chi connectivity index (χ2v) is 9.72. The fraction of sp³-hybridized carbons (Fsp3) is 0.423. The highest BCUT2D eigenvalue weighted by atomic mass is 32.2. The lowest BCUT2D eigenvalue weighted by Crippen LogP contribution is -2.66. The van der Waals surface area contributed by atoms with Crippen molar-refractivity contribution in [2.75, 3.05) is 6.61 Å². The normalized spacial score (nSPS) is 27.5. The third-order valence-electron chi connectivity index (χ3n) is 5.69. The van der Waals surface area contributed by atoms with Gasteiger partial charge in [-0.2, -0.15) is 0 Å². The van der Waals surface area contributed by atoms with Crippen LogP contribution in [0.2, 0.25) is 0 Å². The largest absolute Gasteiger partial charge is 0.458 e. The molecule has 6 atom stereocenters. The second kappa shape index (κ2) is 12.5. The first kappa shape index (κ1) is 26.3. The van der Waals surface area contributed by atoms with Crippen LogP contribution in [-0.4, -0.2) is 54.1 Å². The first-order valence-corrected chi connectivity index (χ1v) is 12.6. The van der Waals surface area contributed by atoms with E-state index < -0.39 is 48.0 Å². The van der Waals surface area contributed by atoms with Crippen molar-refractivity contribution in [1.82, 2.24) is 5.48 Å². The molecule has 2 aromatic carbocycles. The summed E-state index contributed by atoms with van der Waals surface area (Å²) in [5.74, 6) is -1.23. The molecule has 2 saturated heterocycles. The summed E-state index contributed by atoms with van der Waals surface area (Å²) in [6.45, 7) is 2.89. The van der Waals surface area contributed by atoms with Gasteiger partial charge in [0.05, 0.1) is 13.0 Å². The summed E-state index contributed by atoms with van der Waals surface area (Å²) in [7, 11) is 0. The van der Waals surface area contributed by atoms with Gasteiger partial charge in [0.2, 0.25) is 0 Å². The number of Topliss-reactive ketones (excluding diaryl/α,β-unsaturated/α-hetero) is 1. The van der Waals surface area contributed by atoms with E-state index in [4.69, 9.17) is 23.8 Å². The Labute approximate surface area is 213 Å². The fourth-order valence-electron chi connectivity index (χ4n) is 3.99. The van der Waals surface area contributed by atoms with Crippen LogP contribution in [0.15, 0.2) is 65.6 Å². The van der Waals surface area contributed by atoms with Crippen molar-refractivity contribution in [3.8, 4) is 0 Å². The van der Waals surface area contributed by atoms with Gasteiger partial charge in [-0.3, -0.25) is 9.59 Å². The van der Waals surface area contributed by atoms with Gasteiger partial charge < -0.3 is 28.6 Å². The van der Waals surface area contributed by atoms with Crippen molar-refractivity contribution >= 4 is 29.5 Å². The third kappa shape index (κ3) is 6.92. The minimum absolute atomic E-state index is 0.0665. The van der Waals surface area contributed by atoms with E-state index in [0.29, 0.717) is 0 Å². The minimum atomic E-state index is -0.890. The van der Waals surface area contributed by atoms with Crippen LogP contribution < -0.4 is 5.48 Å². The van der Waals surface area contributed by atoms with Gasteiger partial charge in [-0.05, 0) is 19.1 Å². The zero-order valence-electron chi connectivity index (χ0n) is 20.0. The summed E-state index contributed by atoms with van der Waals surface area (Å²) in [6, 6.07) is 18.2. The number of carbonyl (C=O) groups excluding carboxylic acids is 3. The van der Waals surface area contributed by atoms with Crippen LogP contribution in [0.3, 0.4) is 0 Å². The molecule has 2 aliphatic heterocycles. The lowest BCUT2D eigenvalue weighted by molar-refractivity contribution is -0.312. The average Bonchev–Trinajstić information content (AvgIpc) is 2.88. The van der Waals surface area contributed by atoms with E-state index in [0.717, 1.165) is 10.5 Å². The Kier molecular flexibility index (Phi) is 9.11. The Morgan fingerprint density at radius 3 is 2.33 bits per heavy atom. The molecule has 0 saturated carbocycles. The molecule has 2 aliphatic rings. The molecule has 0 aromatic heterocycles. The smallest absolute Gasteiger partial charge is 0.321 e. The van der Waals surface area contributed by atoms with Gasteiger partial charge >= 0.3 is 11.9 Å². The van der Waals surface area contributed by atoms with Crippen LogP contribution in [0.25, 0.3) is 0 Å². The van der Waals surface area contributed by atoms with Crippen LogP contribution in [0, 0.1) is 0 Å². The molecule has 10 heteroatoms. The summed E-state index contributed by atoms with van der Waals surface area (Å²) in [5.41, 5.74) is 2.94. The number of thioether (sulfide) groups is 1. The van der Waals surface area contributed by atoms with E-state index in [2.05, 4.69) is 5.48 Å². The van der Waals surface area contributed by atoms with Crippen LogP contribution >= 0.6 is 11.8 Å². The summed E-state index contributed by atoms with van der Waals surface area (Å²) < 4.78 is 24.5. The lowest BCUT2D eigenvalue weighted by atomic mass is 9.97. The van der Waals surface area contributed by atoms with Crippen molar-refractivity contribution in [2.45, 2.75) is 67.7 Å². The topological polar surface area (TPSA) is 109 Å². The molecule has 0 amide bonds. The maximum Gasteiger partial charge on any atom is 0.321 e. The number of hydrogen-bond donors (Lipinski definition) is 1. The Morgan fingerprint density at radius 1 is 0.972 bits per heavy atom. The number of hydrogen-bond acceptors (Lipinski definition) is 10. The average molecular weight is 516 g/mol. The number of hydroxylamine groups is 1. The van der Waals surface area contributed by atoms with E-state index >= 15 is 0 Å². The molecular formula is C26H29NO8S.